The monoisotopic (exact) mass is 462 g/mol. The number of alkyl halides is 3. The molecule has 0 saturated heterocycles. The molecular weight excluding hydrogens is 445 g/mol. The van der Waals surface area contributed by atoms with Crippen LogP contribution in [-0.4, -0.2) is 49.9 Å². The number of imidazole rings is 1. The van der Waals surface area contributed by atoms with Gasteiger partial charge >= 0.3 is 6.30 Å². The topological polar surface area (TPSA) is 59.2 Å². The number of aromatic nitrogens is 4. The number of anilines is 1. The lowest BCUT2D eigenvalue weighted by Gasteiger charge is -2.36. The number of hydrogen-bond donors (Lipinski definition) is 0. The Kier molecular flexibility index (Phi) is 4.77. The molecule has 2 aliphatic heterocycles. The van der Waals surface area contributed by atoms with Crippen molar-refractivity contribution in [1.29, 1.82) is 0 Å². The SMILES string of the molecule is Cn1cnc2c(=O)n(-c3ccc(Cl)cc3)c(N3CCC4=C(C3)CN(C(F)(F)F)C=C4)nc21. The first kappa shape index (κ1) is 20.6. The van der Waals surface area contributed by atoms with E-state index >= 15 is 0 Å². The molecule has 0 spiro atoms. The van der Waals surface area contributed by atoms with E-state index in [-0.39, 0.29) is 24.2 Å². The summed E-state index contributed by atoms with van der Waals surface area (Å²) in [5, 5.41) is 0.518. The molecule has 0 radical (unpaired) electrons. The second kappa shape index (κ2) is 7.40. The van der Waals surface area contributed by atoms with E-state index in [1.165, 1.54) is 17.0 Å². The summed E-state index contributed by atoms with van der Waals surface area (Å²) < 4.78 is 42.8. The van der Waals surface area contributed by atoms with Gasteiger partial charge in [-0.15, -0.1) is 0 Å². The number of fused-ring (bicyclic) bond motifs is 1. The molecule has 0 saturated carbocycles. The van der Waals surface area contributed by atoms with Gasteiger partial charge in [0.05, 0.1) is 12.0 Å². The molecule has 5 rings (SSSR count). The van der Waals surface area contributed by atoms with Crippen LogP contribution < -0.4 is 10.5 Å². The van der Waals surface area contributed by atoms with Crippen LogP contribution >= 0.6 is 11.6 Å². The molecule has 4 heterocycles. The molecular formula is C21H18ClF3N6O. The minimum atomic E-state index is -4.45. The van der Waals surface area contributed by atoms with Crippen LogP contribution in [0, 0.1) is 0 Å². The average Bonchev–Trinajstić information content (AvgIpc) is 3.14. The van der Waals surface area contributed by atoms with Gasteiger partial charge in [-0.3, -0.25) is 9.69 Å². The number of hydrogen-bond acceptors (Lipinski definition) is 5. The first-order valence-electron chi connectivity index (χ1n) is 9.90. The highest BCUT2D eigenvalue weighted by Gasteiger charge is 2.38. The summed E-state index contributed by atoms with van der Waals surface area (Å²) in [5.74, 6) is 0.355. The molecule has 0 atom stereocenters. The van der Waals surface area contributed by atoms with Crippen LogP contribution in [0.3, 0.4) is 0 Å². The Morgan fingerprint density at radius 1 is 1.12 bits per heavy atom. The zero-order valence-corrected chi connectivity index (χ0v) is 17.7. The van der Waals surface area contributed by atoms with Crippen LogP contribution in [0.1, 0.15) is 6.42 Å². The van der Waals surface area contributed by atoms with Gasteiger partial charge in [0.1, 0.15) is 0 Å². The number of aryl methyl sites for hydroxylation is 1. The van der Waals surface area contributed by atoms with E-state index < -0.39 is 6.30 Å². The van der Waals surface area contributed by atoms with Gasteiger partial charge in [-0.2, -0.15) is 18.2 Å². The van der Waals surface area contributed by atoms with Crippen molar-refractivity contribution >= 4 is 28.7 Å². The Balaban J connectivity index is 1.61. The summed E-state index contributed by atoms with van der Waals surface area (Å²) in [6.45, 7) is 0.499. The molecule has 0 aliphatic carbocycles. The van der Waals surface area contributed by atoms with E-state index in [0.29, 0.717) is 45.7 Å². The van der Waals surface area contributed by atoms with E-state index in [0.717, 1.165) is 11.8 Å². The highest BCUT2D eigenvalue weighted by atomic mass is 35.5. The highest BCUT2D eigenvalue weighted by molar-refractivity contribution is 6.30. The Bertz CT molecular complexity index is 1320. The minimum Gasteiger partial charge on any atom is -0.337 e. The molecule has 166 valence electrons. The van der Waals surface area contributed by atoms with Gasteiger partial charge in [-0.1, -0.05) is 11.6 Å². The number of nitrogens with zero attached hydrogens (tertiary/aromatic N) is 6. The summed E-state index contributed by atoms with van der Waals surface area (Å²) in [6, 6.07) is 6.74. The van der Waals surface area contributed by atoms with E-state index in [2.05, 4.69) is 4.98 Å². The molecule has 1 aromatic carbocycles. The molecule has 3 aromatic rings. The Morgan fingerprint density at radius 3 is 2.59 bits per heavy atom. The lowest BCUT2D eigenvalue weighted by Crippen LogP contribution is -2.43. The first-order chi connectivity index (χ1) is 15.2. The third kappa shape index (κ3) is 3.44. The molecule has 7 nitrogen and oxygen atoms in total. The molecule has 2 aromatic heterocycles. The third-order valence-corrected chi connectivity index (χ3v) is 5.97. The zero-order valence-electron chi connectivity index (χ0n) is 17.0. The third-order valence-electron chi connectivity index (χ3n) is 5.71. The lowest BCUT2D eigenvalue weighted by atomic mass is 9.97. The largest absolute Gasteiger partial charge is 0.484 e. The number of allylic oxidation sites excluding steroid dienone is 1. The predicted octanol–water partition coefficient (Wildman–Crippen LogP) is 3.63. The van der Waals surface area contributed by atoms with Crippen molar-refractivity contribution in [2.45, 2.75) is 12.7 Å². The highest BCUT2D eigenvalue weighted by Crippen LogP contribution is 2.32. The van der Waals surface area contributed by atoms with Crippen LogP contribution in [0.2, 0.25) is 5.02 Å². The summed E-state index contributed by atoms with van der Waals surface area (Å²) >= 11 is 6.01. The maximum absolute atomic E-state index is 13.4. The van der Waals surface area contributed by atoms with E-state index in [1.807, 2.05) is 4.90 Å². The zero-order chi connectivity index (χ0) is 22.6. The van der Waals surface area contributed by atoms with Gasteiger partial charge in [-0.05, 0) is 47.9 Å². The molecule has 2 aliphatic rings. The fraction of sp³-hybridized carbons (Fsp3) is 0.286. The molecule has 11 heteroatoms. The van der Waals surface area contributed by atoms with Crippen molar-refractivity contribution in [3.8, 4) is 5.69 Å². The number of halogens is 4. The average molecular weight is 463 g/mol. The minimum absolute atomic E-state index is 0.215. The molecule has 0 fully saturated rings. The van der Waals surface area contributed by atoms with Gasteiger partial charge in [0.25, 0.3) is 5.56 Å². The fourth-order valence-corrected chi connectivity index (χ4v) is 4.19. The van der Waals surface area contributed by atoms with Crippen LogP contribution in [0.15, 0.2) is 58.8 Å². The van der Waals surface area contributed by atoms with E-state index in [9.17, 15) is 18.0 Å². The maximum Gasteiger partial charge on any atom is 0.484 e. The standard InChI is InChI=1S/C21H18ClF3N6O/c1-28-12-26-17-18(28)27-20(31(19(17)32)16-4-2-15(22)3-5-16)29-8-6-13-7-9-30(21(23,24)25)11-14(13)10-29/h2-5,7,9,12H,6,8,10-11H2,1H3. The Hall–Kier alpha value is -3.27. The van der Waals surface area contributed by atoms with Crippen LogP contribution in [-0.2, 0) is 7.05 Å². The molecule has 0 N–H and O–H groups in total. The van der Waals surface area contributed by atoms with Gasteiger partial charge in [0.2, 0.25) is 5.95 Å². The summed E-state index contributed by atoms with van der Waals surface area (Å²) in [7, 11) is 1.74. The molecule has 32 heavy (non-hydrogen) atoms. The summed E-state index contributed by atoms with van der Waals surface area (Å²) in [4.78, 5) is 24.5. The van der Waals surface area contributed by atoms with E-state index in [1.54, 1.807) is 35.9 Å². The van der Waals surface area contributed by atoms with Gasteiger partial charge < -0.3 is 9.47 Å². The van der Waals surface area contributed by atoms with Crippen molar-refractivity contribution < 1.29 is 13.2 Å². The van der Waals surface area contributed by atoms with Crippen LogP contribution in [0.25, 0.3) is 16.9 Å². The summed E-state index contributed by atoms with van der Waals surface area (Å²) in [5.41, 5.74) is 2.37. The second-order valence-electron chi connectivity index (χ2n) is 7.77. The molecule has 0 bridgehead atoms. The van der Waals surface area contributed by atoms with Gasteiger partial charge in [0, 0.05) is 37.9 Å². The maximum atomic E-state index is 13.4. The van der Waals surface area contributed by atoms with Crippen molar-refractivity contribution in [2.24, 2.45) is 7.05 Å². The van der Waals surface area contributed by atoms with Crippen molar-refractivity contribution in [3.05, 3.63) is 69.4 Å². The smallest absolute Gasteiger partial charge is 0.337 e. The number of rotatable bonds is 2. The van der Waals surface area contributed by atoms with Crippen molar-refractivity contribution in [2.75, 3.05) is 24.5 Å². The molecule has 0 amide bonds. The molecule has 0 unspecified atom stereocenters. The lowest BCUT2D eigenvalue weighted by molar-refractivity contribution is -0.225. The van der Waals surface area contributed by atoms with Crippen LogP contribution in [0.4, 0.5) is 19.1 Å². The normalized spacial score (nSPS) is 16.8. The quantitative estimate of drug-likeness (QED) is 0.544. The van der Waals surface area contributed by atoms with Crippen molar-refractivity contribution in [3.63, 3.8) is 0 Å². The predicted molar refractivity (Wildman–Crippen MR) is 115 cm³/mol. The first-order valence-corrected chi connectivity index (χ1v) is 10.3. The fourth-order valence-electron chi connectivity index (χ4n) is 4.06. The van der Waals surface area contributed by atoms with Gasteiger partial charge in [0.15, 0.2) is 11.2 Å². The Morgan fingerprint density at radius 2 is 1.88 bits per heavy atom. The van der Waals surface area contributed by atoms with Gasteiger partial charge in [-0.25, -0.2) is 9.55 Å². The summed E-state index contributed by atoms with van der Waals surface area (Å²) in [6.07, 6.45) is 0.219. The van der Waals surface area contributed by atoms with Crippen molar-refractivity contribution in [1.82, 2.24) is 24.0 Å². The Labute approximate surface area is 185 Å². The van der Waals surface area contributed by atoms with E-state index in [4.69, 9.17) is 16.6 Å². The second-order valence-corrected chi connectivity index (χ2v) is 8.20. The number of benzene rings is 1. The van der Waals surface area contributed by atoms with Crippen LogP contribution in [0.5, 0.6) is 0 Å².